The number of primary amides is 1. The number of likely N-dealkylation sites (tertiary alicyclic amines) is 1. The van der Waals surface area contributed by atoms with Gasteiger partial charge in [-0.25, -0.2) is 0 Å². The lowest BCUT2D eigenvalue weighted by atomic mass is 10.0. The number of hydrogen-bond donors (Lipinski definition) is 3. The summed E-state index contributed by atoms with van der Waals surface area (Å²) in [5, 5.41) is 3.27. The number of nitrogens with zero attached hydrogens (tertiary/aromatic N) is 1. The first-order chi connectivity index (χ1) is 8.97. The Kier molecular flexibility index (Phi) is 3.59. The number of anilines is 2. The van der Waals surface area contributed by atoms with Crippen molar-refractivity contribution < 1.29 is 9.59 Å². The molecule has 1 aromatic rings. The fraction of sp³-hybridized carbons (Fsp3) is 0.385. The van der Waals surface area contributed by atoms with Gasteiger partial charge in [-0.3, -0.25) is 9.59 Å². The van der Waals surface area contributed by atoms with Crippen LogP contribution in [-0.2, 0) is 4.79 Å². The first-order valence-electron chi connectivity index (χ1n) is 6.17. The van der Waals surface area contributed by atoms with Crippen LogP contribution < -0.4 is 16.8 Å². The van der Waals surface area contributed by atoms with Gasteiger partial charge in [-0.05, 0) is 24.6 Å². The number of carbonyl (C=O) groups excluding carboxylic acids is 2. The molecule has 0 radical (unpaired) electrons. The zero-order valence-electron chi connectivity index (χ0n) is 10.8. The predicted molar refractivity (Wildman–Crippen MR) is 73.7 cm³/mol. The molecule has 1 unspecified atom stereocenters. The number of nitrogen functional groups attached to an aromatic ring is 1. The third-order valence-electron chi connectivity index (χ3n) is 3.32. The van der Waals surface area contributed by atoms with Gasteiger partial charge >= 0.3 is 0 Å². The number of likely N-dealkylation sites (N-methyl/N-ethyl adjacent to an activating group) is 1. The fourth-order valence-electron chi connectivity index (χ4n) is 2.18. The first-order valence-corrected chi connectivity index (χ1v) is 6.17. The molecule has 0 spiro atoms. The number of hydrogen-bond acceptors (Lipinski definition) is 4. The largest absolute Gasteiger partial charge is 0.397 e. The van der Waals surface area contributed by atoms with Crippen LogP contribution in [0.4, 0.5) is 11.4 Å². The molecule has 0 saturated carbocycles. The Balaban J connectivity index is 2.12. The molecule has 1 aliphatic heterocycles. The fourth-order valence-corrected chi connectivity index (χ4v) is 2.18. The smallest absolute Gasteiger partial charge is 0.248 e. The van der Waals surface area contributed by atoms with E-state index in [2.05, 4.69) is 5.32 Å². The highest BCUT2D eigenvalue weighted by Crippen LogP contribution is 2.23. The average molecular weight is 262 g/mol. The molecule has 0 bridgehead atoms. The number of nitrogens with one attached hydrogen (secondary N) is 1. The molecule has 102 valence electrons. The Bertz CT molecular complexity index is 515. The van der Waals surface area contributed by atoms with Gasteiger partial charge in [-0.15, -0.1) is 0 Å². The van der Waals surface area contributed by atoms with Crippen LogP contribution in [-0.4, -0.2) is 36.3 Å². The van der Waals surface area contributed by atoms with Gasteiger partial charge < -0.3 is 21.7 Å². The van der Waals surface area contributed by atoms with Crippen molar-refractivity contribution in [2.75, 3.05) is 24.6 Å². The summed E-state index contributed by atoms with van der Waals surface area (Å²) in [4.78, 5) is 24.3. The maximum absolute atomic E-state index is 11.4. The zero-order valence-corrected chi connectivity index (χ0v) is 10.8. The highest BCUT2D eigenvalue weighted by molar-refractivity contribution is 5.95. The molecule has 1 saturated heterocycles. The van der Waals surface area contributed by atoms with Gasteiger partial charge in [0.2, 0.25) is 11.8 Å². The van der Waals surface area contributed by atoms with E-state index in [1.54, 1.807) is 30.1 Å². The quantitative estimate of drug-likeness (QED) is 0.686. The molecular weight excluding hydrogens is 244 g/mol. The van der Waals surface area contributed by atoms with E-state index >= 15 is 0 Å². The van der Waals surface area contributed by atoms with E-state index in [1.165, 1.54) is 0 Å². The van der Waals surface area contributed by atoms with E-state index in [0.29, 0.717) is 29.9 Å². The third kappa shape index (κ3) is 2.96. The average Bonchev–Trinajstić information content (AvgIpc) is 2.36. The number of benzene rings is 1. The molecule has 0 aromatic heterocycles. The predicted octanol–water partition coefficient (Wildman–Crippen LogP) is 0.400. The molecule has 0 aliphatic carbocycles. The van der Waals surface area contributed by atoms with E-state index in [0.717, 1.165) is 6.42 Å². The third-order valence-corrected chi connectivity index (χ3v) is 3.32. The lowest BCUT2D eigenvalue weighted by molar-refractivity contribution is -0.132. The van der Waals surface area contributed by atoms with Crippen LogP contribution in [0.2, 0.25) is 0 Å². The van der Waals surface area contributed by atoms with Crippen LogP contribution >= 0.6 is 0 Å². The molecule has 19 heavy (non-hydrogen) atoms. The lowest BCUT2D eigenvalue weighted by Crippen LogP contribution is -2.43. The lowest BCUT2D eigenvalue weighted by Gasteiger charge is -2.31. The Morgan fingerprint density at radius 1 is 1.47 bits per heavy atom. The van der Waals surface area contributed by atoms with Crippen LogP contribution in [0.25, 0.3) is 0 Å². The van der Waals surface area contributed by atoms with Gasteiger partial charge in [-0.2, -0.15) is 0 Å². The van der Waals surface area contributed by atoms with E-state index in [4.69, 9.17) is 11.5 Å². The standard InChI is InChI=1S/C13H18N4O2/c1-17-7-9(3-5-12(17)18)16-11-6-8(13(15)19)2-4-10(11)14/h2,4,6,9,16H,3,5,7,14H2,1H3,(H2,15,19). The van der Waals surface area contributed by atoms with Crippen LogP contribution in [0, 0.1) is 0 Å². The van der Waals surface area contributed by atoms with Crippen molar-refractivity contribution in [3.05, 3.63) is 23.8 Å². The zero-order chi connectivity index (χ0) is 14.0. The van der Waals surface area contributed by atoms with Crippen molar-refractivity contribution in [3.63, 3.8) is 0 Å². The normalized spacial score (nSPS) is 19.3. The molecule has 1 fully saturated rings. The molecule has 6 nitrogen and oxygen atoms in total. The van der Waals surface area contributed by atoms with Crippen LogP contribution in [0.5, 0.6) is 0 Å². The number of piperidine rings is 1. The van der Waals surface area contributed by atoms with Gasteiger partial charge in [0, 0.05) is 31.6 Å². The van der Waals surface area contributed by atoms with Crippen LogP contribution in [0.1, 0.15) is 23.2 Å². The van der Waals surface area contributed by atoms with Gasteiger partial charge in [0.25, 0.3) is 0 Å². The molecule has 6 heteroatoms. The topological polar surface area (TPSA) is 101 Å². The second kappa shape index (κ2) is 5.17. The molecular formula is C13H18N4O2. The second-order valence-electron chi connectivity index (χ2n) is 4.82. The summed E-state index contributed by atoms with van der Waals surface area (Å²) in [6.07, 6.45) is 1.27. The maximum atomic E-state index is 11.4. The summed E-state index contributed by atoms with van der Waals surface area (Å²) >= 11 is 0. The Labute approximate surface area is 111 Å². The highest BCUT2D eigenvalue weighted by Gasteiger charge is 2.23. The molecule has 2 amide bonds. The molecule has 1 heterocycles. The molecule has 1 aromatic carbocycles. The summed E-state index contributed by atoms with van der Waals surface area (Å²) < 4.78 is 0. The Morgan fingerprint density at radius 2 is 2.21 bits per heavy atom. The number of amides is 2. The number of rotatable bonds is 3. The summed E-state index contributed by atoms with van der Waals surface area (Å²) in [6, 6.07) is 5.03. The van der Waals surface area contributed by atoms with Crippen molar-refractivity contribution >= 4 is 23.2 Å². The van der Waals surface area contributed by atoms with E-state index in [-0.39, 0.29) is 11.9 Å². The van der Waals surface area contributed by atoms with Gasteiger partial charge in [0.15, 0.2) is 0 Å². The minimum atomic E-state index is -0.487. The van der Waals surface area contributed by atoms with Crippen molar-refractivity contribution in [2.24, 2.45) is 5.73 Å². The SMILES string of the molecule is CN1CC(Nc2cc(C(N)=O)ccc2N)CCC1=O. The second-order valence-corrected chi connectivity index (χ2v) is 4.82. The van der Waals surface area contributed by atoms with E-state index in [9.17, 15) is 9.59 Å². The van der Waals surface area contributed by atoms with Crippen molar-refractivity contribution in [1.82, 2.24) is 4.90 Å². The van der Waals surface area contributed by atoms with Crippen molar-refractivity contribution in [2.45, 2.75) is 18.9 Å². The molecule has 1 aliphatic rings. The Hall–Kier alpha value is -2.24. The van der Waals surface area contributed by atoms with E-state index < -0.39 is 5.91 Å². The number of carbonyl (C=O) groups is 2. The highest BCUT2D eigenvalue weighted by atomic mass is 16.2. The summed E-state index contributed by atoms with van der Waals surface area (Å²) in [5.41, 5.74) is 12.8. The molecule has 5 N–H and O–H groups in total. The van der Waals surface area contributed by atoms with Gasteiger partial charge in [-0.1, -0.05) is 0 Å². The van der Waals surface area contributed by atoms with Crippen LogP contribution in [0.15, 0.2) is 18.2 Å². The summed E-state index contributed by atoms with van der Waals surface area (Å²) in [5.74, 6) is -0.337. The van der Waals surface area contributed by atoms with Gasteiger partial charge in [0.05, 0.1) is 11.4 Å². The molecule has 2 rings (SSSR count). The monoisotopic (exact) mass is 262 g/mol. The van der Waals surface area contributed by atoms with Gasteiger partial charge in [0.1, 0.15) is 0 Å². The number of nitrogens with two attached hydrogens (primary N) is 2. The van der Waals surface area contributed by atoms with Crippen molar-refractivity contribution in [3.8, 4) is 0 Å². The van der Waals surface area contributed by atoms with Crippen LogP contribution in [0.3, 0.4) is 0 Å². The first kappa shape index (κ1) is 13.2. The summed E-state index contributed by atoms with van der Waals surface area (Å²) in [6.45, 7) is 0.624. The van der Waals surface area contributed by atoms with Crippen molar-refractivity contribution in [1.29, 1.82) is 0 Å². The maximum Gasteiger partial charge on any atom is 0.248 e. The Morgan fingerprint density at radius 3 is 2.84 bits per heavy atom. The van der Waals surface area contributed by atoms with E-state index in [1.807, 2.05) is 0 Å². The molecule has 1 atom stereocenters. The minimum Gasteiger partial charge on any atom is -0.397 e. The summed E-state index contributed by atoms with van der Waals surface area (Å²) in [7, 11) is 1.78. The minimum absolute atomic E-state index is 0.133.